The van der Waals surface area contributed by atoms with Crippen molar-refractivity contribution in [1.82, 2.24) is 5.32 Å². The van der Waals surface area contributed by atoms with Gasteiger partial charge in [-0.2, -0.15) is 5.26 Å². The average Bonchev–Trinajstić information content (AvgIpc) is 2.46. The van der Waals surface area contributed by atoms with Gasteiger partial charge in [0.15, 0.2) is 0 Å². The second-order valence-corrected chi connectivity index (χ2v) is 4.84. The summed E-state index contributed by atoms with van der Waals surface area (Å²) in [5.41, 5.74) is 3.02. The summed E-state index contributed by atoms with van der Waals surface area (Å²) in [5.74, 6) is 0.377. The number of hydrogen-bond acceptors (Lipinski definition) is 3. The van der Waals surface area contributed by atoms with E-state index in [0.717, 1.165) is 16.9 Å². The fraction of sp³-hybridized carbons (Fsp3) is 0.235. The summed E-state index contributed by atoms with van der Waals surface area (Å²) in [5, 5.41) is 12.0. The van der Waals surface area contributed by atoms with Crippen molar-refractivity contribution in [2.45, 2.75) is 20.1 Å². The predicted molar refractivity (Wildman–Crippen MR) is 79.4 cm³/mol. The molecule has 0 aliphatic heterocycles. The van der Waals surface area contributed by atoms with E-state index in [1.807, 2.05) is 38.2 Å². The number of benzene rings is 2. The van der Waals surface area contributed by atoms with Crippen molar-refractivity contribution in [2.75, 3.05) is 7.05 Å². The van der Waals surface area contributed by atoms with Crippen LogP contribution < -0.4 is 10.1 Å². The molecule has 0 aliphatic rings. The molecule has 0 saturated carbocycles. The van der Waals surface area contributed by atoms with Gasteiger partial charge in [-0.25, -0.2) is 4.39 Å². The number of nitriles is 1. The molecule has 2 aromatic carbocycles. The molecule has 0 fully saturated rings. The number of aryl methyl sites for hydroxylation is 1. The second kappa shape index (κ2) is 6.87. The molecule has 0 amide bonds. The molecule has 3 nitrogen and oxygen atoms in total. The van der Waals surface area contributed by atoms with Crippen molar-refractivity contribution in [3.63, 3.8) is 0 Å². The highest BCUT2D eigenvalue weighted by Crippen LogP contribution is 2.24. The number of rotatable bonds is 5. The van der Waals surface area contributed by atoms with Gasteiger partial charge in [0, 0.05) is 12.1 Å². The summed E-state index contributed by atoms with van der Waals surface area (Å²) in [6.07, 6.45) is 0. The highest BCUT2D eigenvalue weighted by molar-refractivity contribution is 5.41. The molecule has 4 heteroatoms. The lowest BCUT2D eigenvalue weighted by molar-refractivity contribution is 0.299. The van der Waals surface area contributed by atoms with Crippen LogP contribution in [0.1, 0.15) is 22.3 Å². The zero-order valence-corrected chi connectivity index (χ0v) is 12.1. The fourth-order valence-electron chi connectivity index (χ4n) is 2.20. The van der Waals surface area contributed by atoms with Crippen LogP contribution in [0.3, 0.4) is 0 Å². The lowest BCUT2D eigenvalue weighted by Crippen LogP contribution is -2.08. The van der Waals surface area contributed by atoms with Crippen LogP contribution in [0.15, 0.2) is 36.4 Å². The predicted octanol–water partition coefficient (Wildman–Crippen LogP) is 3.30. The van der Waals surface area contributed by atoms with Crippen LogP contribution in [0, 0.1) is 24.1 Å². The van der Waals surface area contributed by atoms with E-state index in [1.165, 1.54) is 12.1 Å². The SMILES string of the molecule is CNCc1cccc(C)c1OCc1cc(F)cc(C#N)c1. The Kier molecular flexibility index (Phi) is 4.91. The molecule has 108 valence electrons. The quantitative estimate of drug-likeness (QED) is 0.916. The van der Waals surface area contributed by atoms with Gasteiger partial charge in [0.05, 0.1) is 11.6 Å². The van der Waals surface area contributed by atoms with Crippen LogP contribution >= 0.6 is 0 Å². The van der Waals surface area contributed by atoms with Gasteiger partial charge in [-0.15, -0.1) is 0 Å². The Bertz CT molecular complexity index is 677. The Hall–Kier alpha value is -2.38. The third-order valence-corrected chi connectivity index (χ3v) is 3.13. The van der Waals surface area contributed by atoms with E-state index < -0.39 is 5.82 Å². The van der Waals surface area contributed by atoms with E-state index in [9.17, 15) is 4.39 Å². The van der Waals surface area contributed by atoms with Gasteiger partial charge in [-0.3, -0.25) is 0 Å². The molecule has 2 aromatic rings. The van der Waals surface area contributed by atoms with Crippen molar-refractivity contribution in [3.8, 4) is 11.8 Å². The lowest BCUT2D eigenvalue weighted by Gasteiger charge is -2.14. The molecule has 0 aromatic heterocycles. The first kappa shape index (κ1) is 15.0. The maximum Gasteiger partial charge on any atom is 0.127 e. The van der Waals surface area contributed by atoms with Crippen LogP contribution in [0.25, 0.3) is 0 Å². The molecule has 0 heterocycles. The number of halogens is 1. The van der Waals surface area contributed by atoms with Gasteiger partial charge in [0.1, 0.15) is 18.2 Å². The van der Waals surface area contributed by atoms with E-state index in [0.29, 0.717) is 17.7 Å². The zero-order chi connectivity index (χ0) is 15.2. The first-order valence-corrected chi connectivity index (χ1v) is 6.69. The monoisotopic (exact) mass is 284 g/mol. The van der Waals surface area contributed by atoms with Crippen LogP contribution in [0.2, 0.25) is 0 Å². The number of para-hydroxylation sites is 1. The molecule has 0 radical (unpaired) electrons. The van der Waals surface area contributed by atoms with Gasteiger partial charge in [-0.1, -0.05) is 18.2 Å². The van der Waals surface area contributed by atoms with Crippen LogP contribution in [-0.4, -0.2) is 7.05 Å². The largest absolute Gasteiger partial charge is 0.488 e. The Morgan fingerprint density at radius 1 is 1.29 bits per heavy atom. The van der Waals surface area contributed by atoms with Crippen molar-refractivity contribution in [2.24, 2.45) is 0 Å². The first-order valence-electron chi connectivity index (χ1n) is 6.69. The minimum Gasteiger partial charge on any atom is -0.488 e. The van der Waals surface area contributed by atoms with Crippen molar-refractivity contribution >= 4 is 0 Å². The smallest absolute Gasteiger partial charge is 0.127 e. The minimum absolute atomic E-state index is 0.230. The Labute approximate surface area is 124 Å². The van der Waals surface area contributed by atoms with E-state index in [1.54, 1.807) is 6.07 Å². The van der Waals surface area contributed by atoms with Gasteiger partial charge in [0.25, 0.3) is 0 Å². The van der Waals surface area contributed by atoms with E-state index in [2.05, 4.69) is 5.32 Å². The Morgan fingerprint density at radius 3 is 2.81 bits per heavy atom. The summed E-state index contributed by atoms with van der Waals surface area (Å²) < 4.78 is 19.2. The highest BCUT2D eigenvalue weighted by Gasteiger charge is 2.08. The third kappa shape index (κ3) is 3.80. The molecule has 0 saturated heterocycles. The minimum atomic E-state index is -0.423. The Balaban J connectivity index is 2.20. The molecule has 0 atom stereocenters. The molecular formula is C17H17FN2O. The normalized spacial score (nSPS) is 10.2. The molecule has 0 unspecified atom stereocenters. The third-order valence-electron chi connectivity index (χ3n) is 3.13. The summed E-state index contributed by atoms with van der Waals surface area (Å²) in [7, 11) is 1.87. The zero-order valence-electron chi connectivity index (χ0n) is 12.1. The molecule has 1 N–H and O–H groups in total. The average molecular weight is 284 g/mol. The number of nitrogens with zero attached hydrogens (tertiary/aromatic N) is 1. The number of hydrogen-bond donors (Lipinski definition) is 1. The van der Waals surface area contributed by atoms with Gasteiger partial charge >= 0.3 is 0 Å². The van der Waals surface area contributed by atoms with Crippen LogP contribution in [0.5, 0.6) is 5.75 Å². The maximum atomic E-state index is 13.4. The summed E-state index contributed by atoms with van der Waals surface area (Å²) in [4.78, 5) is 0. The summed E-state index contributed by atoms with van der Waals surface area (Å²) >= 11 is 0. The van der Waals surface area contributed by atoms with Crippen molar-refractivity contribution in [3.05, 3.63) is 64.5 Å². The molecule has 2 rings (SSSR count). The fourth-order valence-corrected chi connectivity index (χ4v) is 2.20. The molecule has 0 spiro atoms. The van der Waals surface area contributed by atoms with Gasteiger partial charge < -0.3 is 10.1 Å². The molecule has 0 bridgehead atoms. The topological polar surface area (TPSA) is 45.0 Å². The molecule has 21 heavy (non-hydrogen) atoms. The first-order chi connectivity index (χ1) is 10.1. The van der Waals surface area contributed by atoms with Crippen LogP contribution in [-0.2, 0) is 13.2 Å². The Morgan fingerprint density at radius 2 is 2.10 bits per heavy atom. The molecular weight excluding hydrogens is 267 g/mol. The van der Waals surface area contributed by atoms with E-state index in [4.69, 9.17) is 10.00 Å². The number of nitrogens with one attached hydrogen (secondary N) is 1. The van der Waals surface area contributed by atoms with Gasteiger partial charge in [-0.05, 0) is 43.3 Å². The highest BCUT2D eigenvalue weighted by atomic mass is 19.1. The summed E-state index contributed by atoms with van der Waals surface area (Å²) in [6.45, 7) is 2.90. The maximum absolute atomic E-state index is 13.4. The van der Waals surface area contributed by atoms with Crippen LogP contribution in [0.4, 0.5) is 4.39 Å². The van der Waals surface area contributed by atoms with E-state index in [-0.39, 0.29) is 6.61 Å². The summed E-state index contributed by atoms with van der Waals surface area (Å²) in [6, 6.07) is 12.1. The van der Waals surface area contributed by atoms with E-state index >= 15 is 0 Å². The van der Waals surface area contributed by atoms with Crippen molar-refractivity contribution in [1.29, 1.82) is 5.26 Å². The van der Waals surface area contributed by atoms with Gasteiger partial charge in [0.2, 0.25) is 0 Å². The second-order valence-electron chi connectivity index (χ2n) is 4.84. The van der Waals surface area contributed by atoms with Crippen molar-refractivity contribution < 1.29 is 9.13 Å². The number of ether oxygens (including phenoxy) is 1. The standard InChI is InChI=1S/C17H17FN2O/c1-12-4-3-5-15(10-20-2)17(12)21-11-14-6-13(9-19)7-16(18)8-14/h3-8,20H,10-11H2,1-2H3. The molecule has 0 aliphatic carbocycles. The lowest BCUT2D eigenvalue weighted by atomic mass is 10.1.